The summed E-state index contributed by atoms with van der Waals surface area (Å²) in [7, 11) is 1.32. The minimum absolute atomic E-state index is 0.0960. The van der Waals surface area contributed by atoms with Crippen molar-refractivity contribution in [2.24, 2.45) is 0 Å². The molecule has 0 amide bonds. The maximum Gasteiger partial charge on any atom is 0.350 e. The van der Waals surface area contributed by atoms with Crippen molar-refractivity contribution >= 4 is 11.4 Å². The molecule has 1 aromatic rings. The molecule has 10 heteroatoms. The van der Waals surface area contributed by atoms with Crippen molar-refractivity contribution in [3.63, 3.8) is 0 Å². The van der Waals surface area contributed by atoms with Gasteiger partial charge in [-0.15, -0.1) is 0 Å². The Labute approximate surface area is 138 Å². The van der Waals surface area contributed by atoms with Crippen LogP contribution in [0.25, 0.3) is 0 Å². The number of ether oxygens (including phenoxy) is 3. The minimum atomic E-state index is -0.817. The fourth-order valence-corrected chi connectivity index (χ4v) is 2.40. The third-order valence-corrected chi connectivity index (χ3v) is 3.63. The number of benzene rings is 1. The molecule has 10 nitrogen and oxygen atoms in total. The maximum absolute atomic E-state index is 11.0. The first kappa shape index (κ1) is 17.9. The Morgan fingerprint density at radius 2 is 1.71 bits per heavy atom. The molecule has 0 aliphatic carbocycles. The lowest BCUT2D eigenvalue weighted by Gasteiger charge is -2.26. The second kappa shape index (κ2) is 8.41. The average Bonchev–Trinajstić information content (AvgIpc) is 2.58. The third kappa shape index (κ3) is 4.52. The third-order valence-electron chi connectivity index (χ3n) is 3.63. The zero-order valence-corrected chi connectivity index (χ0v) is 13.3. The summed E-state index contributed by atoms with van der Waals surface area (Å²) < 4.78 is 15.8. The zero-order valence-electron chi connectivity index (χ0n) is 13.3. The molecule has 0 N–H and O–H groups in total. The Morgan fingerprint density at radius 1 is 1.12 bits per heavy atom. The molecule has 2 rings (SSSR count). The van der Waals surface area contributed by atoms with Gasteiger partial charge in [-0.25, -0.2) is 0 Å². The van der Waals surface area contributed by atoms with Gasteiger partial charge in [0.05, 0.1) is 48.9 Å². The standard InChI is InChI=1S/C14H19N3O7/c1-22-13-9-11(16(18)19)12(17(20)21)10-14(13)24-6-2-3-15-4-7-23-8-5-15/h9-10H,2-8H2,1H3. The zero-order chi connectivity index (χ0) is 17.5. The molecule has 1 saturated heterocycles. The molecule has 1 aromatic carbocycles. The van der Waals surface area contributed by atoms with Crippen LogP contribution in [-0.4, -0.2) is 61.3 Å². The highest BCUT2D eigenvalue weighted by Crippen LogP contribution is 2.38. The normalized spacial score (nSPS) is 15.0. The molecular weight excluding hydrogens is 322 g/mol. The van der Waals surface area contributed by atoms with Crippen molar-refractivity contribution in [2.75, 3.05) is 46.6 Å². The number of methoxy groups -OCH3 is 1. The van der Waals surface area contributed by atoms with Crippen molar-refractivity contribution < 1.29 is 24.1 Å². The van der Waals surface area contributed by atoms with Gasteiger partial charge in [-0.2, -0.15) is 0 Å². The van der Waals surface area contributed by atoms with Crippen LogP contribution >= 0.6 is 0 Å². The van der Waals surface area contributed by atoms with E-state index in [2.05, 4.69) is 4.90 Å². The number of nitro benzene ring substituents is 2. The van der Waals surface area contributed by atoms with E-state index >= 15 is 0 Å². The molecule has 0 spiro atoms. The van der Waals surface area contributed by atoms with Crippen LogP contribution in [-0.2, 0) is 4.74 Å². The largest absolute Gasteiger partial charge is 0.493 e. The quantitative estimate of drug-likeness (QED) is 0.397. The Kier molecular flexibility index (Phi) is 6.27. The molecule has 0 unspecified atom stereocenters. The van der Waals surface area contributed by atoms with Crippen LogP contribution in [0.1, 0.15) is 6.42 Å². The molecule has 1 fully saturated rings. The fourth-order valence-electron chi connectivity index (χ4n) is 2.40. The highest BCUT2D eigenvalue weighted by molar-refractivity contribution is 5.62. The van der Waals surface area contributed by atoms with Crippen LogP contribution in [0.2, 0.25) is 0 Å². The summed E-state index contributed by atoms with van der Waals surface area (Å²) in [5.74, 6) is 0.218. The van der Waals surface area contributed by atoms with Crippen LogP contribution in [0.15, 0.2) is 12.1 Å². The van der Waals surface area contributed by atoms with E-state index in [0.29, 0.717) is 26.2 Å². The van der Waals surface area contributed by atoms with E-state index in [1.165, 1.54) is 7.11 Å². The summed E-state index contributed by atoms with van der Waals surface area (Å²) in [5, 5.41) is 21.9. The van der Waals surface area contributed by atoms with Gasteiger partial charge in [0.15, 0.2) is 11.5 Å². The van der Waals surface area contributed by atoms with E-state index in [1.807, 2.05) is 0 Å². The number of nitrogens with zero attached hydrogens (tertiary/aromatic N) is 3. The number of hydrogen-bond acceptors (Lipinski definition) is 8. The van der Waals surface area contributed by atoms with E-state index in [-0.39, 0.29) is 11.5 Å². The van der Waals surface area contributed by atoms with Gasteiger partial charge in [0, 0.05) is 19.6 Å². The molecule has 132 valence electrons. The summed E-state index contributed by atoms with van der Waals surface area (Å²) in [6.07, 6.45) is 0.716. The fraction of sp³-hybridized carbons (Fsp3) is 0.571. The van der Waals surface area contributed by atoms with Gasteiger partial charge < -0.3 is 14.2 Å². The summed E-state index contributed by atoms with van der Waals surface area (Å²) in [6.45, 7) is 4.30. The number of nitro groups is 2. The lowest BCUT2D eigenvalue weighted by atomic mass is 10.2. The maximum atomic E-state index is 11.0. The topological polar surface area (TPSA) is 117 Å². The van der Waals surface area contributed by atoms with Crippen molar-refractivity contribution in [1.82, 2.24) is 4.90 Å². The predicted octanol–water partition coefficient (Wildman–Crippen LogP) is 1.61. The SMILES string of the molecule is COc1cc([N+](=O)[O-])c([N+](=O)[O-])cc1OCCCN1CCOCC1. The molecule has 1 heterocycles. The van der Waals surface area contributed by atoms with Crippen molar-refractivity contribution in [1.29, 1.82) is 0 Å². The second-order valence-electron chi connectivity index (χ2n) is 5.16. The molecule has 0 saturated carbocycles. The van der Waals surface area contributed by atoms with Gasteiger partial charge in [0.25, 0.3) is 0 Å². The van der Waals surface area contributed by atoms with E-state index < -0.39 is 21.2 Å². The molecule has 1 aliphatic rings. The second-order valence-corrected chi connectivity index (χ2v) is 5.16. The number of rotatable bonds is 8. The first-order chi connectivity index (χ1) is 11.5. The van der Waals surface area contributed by atoms with E-state index in [4.69, 9.17) is 14.2 Å². The summed E-state index contributed by atoms with van der Waals surface area (Å²) >= 11 is 0. The summed E-state index contributed by atoms with van der Waals surface area (Å²) in [6, 6.07) is 2.04. The summed E-state index contributed by atoms with van der Waals surface area (Å²) in [4.78, 5) is 22.5. The first-order valence-corrected chi connectivity index (χ1v) is 7.46. The molecule has 0 atom stereocenters. The Morgan fingerprint density at radius 3 is 2.25 bits per heavy atom. The van der Waals surface area contributed by atoms with Gasteiger partial charge >= 0.3 is 11.4 Å². The smallest absolute Gasteiger partial charge is 0.350 e. The molecule has 0 bridgehead atoms. The minimum Gasteiger partial charge on any atom is -0.493 e. The molecule has 1 aliphatic heterocycles. The first-order valence-electron chi connectivity index (χ1n) is 7.46. The van der Waals surface area contributed by atoms with E-state index in [0.717, 1.165) is 31.8 Å². The number of morpholine rings is 1. The monoisotopic (exact) mass is 341 g/mol. The van der Waals surface area contributed by atoms with Crippen molar-refractivity contribution in [3.8, 4) is 11.5 Å². The van der Waals surface area contributed by atoms with Gasteiger partial charge in [0.1, 0.15) is 0 Å². The molecule has 24 heavy (non-hydrogen) atoms. The average molecular weight is 341 g/mol. The molecular formula is C14H19N3O7. The molecule has 0 aromatic heterocycles. The predicted molar refractivity (Wildman–Crippen MR) is 83.7 cm³/mol. The van der Waals surface area contributed by atoms with E-state index in [9.17, 15) is 20.2 Å². The van der Waals surface area contributed by atoms with Crippen LogP contribution < -0.4 is 9.47 Å². The van der Waals surface area contributed by atoms with Gasteiger partial charge in [-0.3, -0.25) is 25.1 Å². The van der Waals surface area contributed by atoms with Crippen LogP contribution in [0.3, 0.4) is 0 Å². The lowest BCUT2D eigenvalue weighted by Crippen LogP contribution is -2.37. The van der Waals surface area contributed by atoms with Crippen LogP contribution in [0.4, 0.5) is 11.4 Å². The Balaban J connectivity index is 2.01. The van der Waals surface area contributed by atoms with Crippen LogP contribution in [0.5, 0.6) is 11.5 Å². The highest BCUT2D eigenvalue weighted by atomic mass is 16.6. The lowest BCUT2D eigenvalue weighted by molar-refractivity contribution is -0.422. The van der Waals surface area contributed by atoms with Gasteiger partial charge in [-0.05, 0) is 6.42 Å². The van der Waals surface area contributed by atoms with Crippen molar-refractivity contribution in [2.45, 2.75) is 6.42 Å². The Bertz CT molecular complexity index is 602. The summed E-state index contributed by atoms with van der Waals surface area (Å²) in [5.41, 5.74) is -1.25. The highest BCUT2D eigenvalue weighted by Gasteiger charge is 2.28. The van der Waals surface area contributed by atoms with Crippen LogP contribution in [0, 0.1) is 20.2 Å². The van der Waals surface area contributed by atoms with E-state index in [1.54, 1.807) is 0 Å². The van der Waals surface area contributed by atoms with Gasteiger partial charge in [-0.1, -0.05) is 0 Å². The van der Waals surface area contributed by atoms with Crippen molar-refractivity contribution in [3.05, 3.63) is 32.4 Å². The number of hydrogen-bond donors (Lipinski definition) is 0. The van der Waals surface area contributed by atoms with Gasteiger partial charge in [0.2, 0.25) is 0 Å². The molecule has 0 radical (unpaired) electrons. The Hall–Kier alpha value is -2.46.